The molecule has 0 aliphatic heterocycles. The summed E-state index contributed by atoms with van der Waals surface area (Å²) in [6.45, 7) is 0. The molecule has 22 N–H and O–H groups in total. The number of phosphoric ester groups is 2. The van der Waals surface area contributed by atoms with Crippen molar-refractivity contribution >= 4 is 31.3 Å². The molecule has 0 aromatic rings. The molecule has 732 valence electrons. The van der Waals surface area contributed by atoms with Crippen molar-refractivity contribution in [1.29, 1.82) is 0 Å². The smallest absolute Gasteiger partial charge is 0.534 e. The van der Waals surface area contributed by atoms with Gasteiger partial charge in [-0.2, -0.15) is 0 Å². The van der Waals surface area contributed by atoms with Gasteiger partial charge < -0.3 is 150 Å². The van der Waals surface area contributed by atoms with Crippen LogP contribution >= 0.6 is 31.3 Å². The van der Waals surface area contributed by atoms with Crippen molar-refractivity contribution in [3.8, 4) is 0 Å². The van der Waals surface area contributed by atoms with E-state index in [9.17, 15) is 120 Å². The van der Waals surface area contributed by atoms with Gasteiger partial charge in [-0.05, 0) is 262 Å². The lowest BCUT2D eigenvalue weighted by Gasteiger charge is -2.45. The second-order valence-electron chi connectivity index (χ2n) is 17.9. The average molecular weight is 1960 g/mol. The molecule has 4 fully saturated rings. The monoisotopic (exact) mass is 1960 g/mol. The number of hydrogen-bond acceptors (Lipinski definition) is 94. The van der Waals surface area contributed by atoms with Crippen molar-refractivity contribution in [3.05, 3.63) is 0 Å². The Hall–Kier alpha value is -2.68. The molecule has 26 atom stereocenters. The van der Waals surface area contributed by atoms with Gasteiger partial charge in [-0.15, -0.1) is 0 Å². The molecule has 0 amide bonds. The Morgan fingerprint density at radius 3 is 0.410 bits per heavy atom. The summed E-state index contributed by atoms with van der Waals surface area (Å²) >= 11 is 0. The van der Waals surface area contributed by atoms with Crippen LogP contribution in [0.3, 0.4) is 0 Å². The van der Waals surface area contributed by atoms with E-state index in [1.807, 2.05) is 0 Å². The van der Waals surface area contributed by atoms with Crippen molar-refractivity contribution in [2.24, 2.45) is 0 Å². The third-order valence-electron chi connectivity index (χ3n) is 11.2. The molecule has 0 bridgehead atoms. The van der Waals surface area contributed by atoms with Gasteiger partial charge in [0, 0.05) is 0 Å². The molecule has 0 aromatic heterocycles. The molecule has 94 nitrogen and oxygen atoms in total. The zero-order valence-corrected chi connectivity index (χ0v) is 58.5. The number of aliphatic hydroxyl groups is 20. The summed E-state index contributed by atoms with van der Waals surface area (Å²) in [4.78, 5) is 41.1. The molecule has 122 heavy (non-hydrogen) atoms. The van der Waals surface area contributed by atoms with Crippen LogP contribution in [0.25, 0.3) is 0 Å². The normalized spacial score (nSPS) is 30.5. The van der Waals surface area contributed by atoms with Crippen LogP contribution in [0.15, 0.2) is 0 Å². The van der Waals surface area contributed by atoms with Crippen LogP contribution in [0.4, 0.5) is 0 Å². The van der Waals surface area contributed by atoms with Crippen molar-refractivity contribution in [3.63, 3.8) is 0 Å². The summed E-state index contributed by atoms with van der Waals surface area (Å²) in [6.07, 6.45) is -50.6. The fourth-order valence-corrected chi connectivity index (χ4v) is 9.48. The van der Waals surface area contributed by atoms with Gasteiger partial charge in [-0.25, -0.2) is 19.6 Å². The molecule has 0 spiro atoms. The lowest BCUT2D eigenvalue weighted by atomic mass is 9.85. The highest BCUT2D eigenvalue weighted by Gasteiger charge is 2.56. The maximum Gasteiger partial charge on any atom is 0.534 e. The molecule has 0 saturated heterocycles. The van der Waals surface area contributed by atoms with Gasteiger partial charge in [0.15, 0.2) is 0 Å². The molecule has 4 aliphatic carbocycles. The Morgan fingerprint density at radius 2 is 0.279 bits per heavy atom. The van der Waals surface area contributed by atoms with E-state index in [0.717, 1.165) is 0 Å². The highest BCUT2D eigenvalue weighted by atomic mass is 31.2. The van der Waals surface area contributed by atoms with Gasteiger partial charge in [0.25, 0.3) is 0 Å². The van der Waals surface area contributed by atoms with E-state index >= 15 is 0 Å². The molecule has 98 heteroatoms. The summed E-state index contributed by atoms with van der Waals surface area (Å²) in [7, 11) is -22.2. The lowest BCUT2D eigenvalue weighted by molar-refractivity contribution is -0.918. The predicted molar refractivity (Wildman–Crippen MR) is 238 cm³/mol. The van der Waals surface area contributed by atoms with Crippen LogP contribution < -0.4 is 30.1 Å². The number of hydrogen-bond donors (Lipinski definition) is 22. The molecule has 0 radical (unpaired) electrons. The Kier molecular flexibility index (Phi) is 64.9. The van der Waals surface area contributed by atoms with Crippen LogP contribution in [-0.2, 0) is 327 Å². The summed E-state index contributed by atoms with van der Waals surface area (Å²) in [5, 5.41) is 407. The second-order valence-corrected chi connectivity index (χ2v) is 22.9. The van der Waals surface area contributed by atoms with E-state index in [0.29, 0.717) is 0 Å². The SMILES string of the molecule is O=P(OOOOOOOOOOOOOOO)(OOOOOOOOOOOOOOO[O-])OC1C(O)C(O)C(O)[C@@H](O)C1O.O=P(OOOOOOOOOOOOOOO)(OOOOOOOOOOOOOOO[O-])OC1C(O)[C@@H](O)C(O)C(O)[C@H]1O.O=P([O-])([O-])OC1C(O)[C@@H](O)C(O)C(O)[C@H]1O.O=P([O-])([O-])OC1C(O)[C@H](O)C(O)[C@H](O)[C@@H]1O. The zero-order chi connectivity index (χ0) is 91.7. The number of rotatable bonds is 66. The number of phosphoric acid groups is 4. The predicted octanol–water partition coefficient (Wildman–Crippen LogP) is -21.5. The molecule has 0 heterocycles. The maximum absolute atomic E-state index is 12.6. The topological polar surface area (TPSA) is 1220 Å². The zero-order valence-electron chi connectivity index (χ0n) is 54.9. The quantitative estimate of drug-likeness (QED) is 0.0116. The van der Waals surface area contributed by atoms with Crippen molar-refractivity contribution < 1.29 is 470 Å². The first kappa shape index (κ1) is 117. The van der Waals surface area contributed by atoms with Gasteiger partial charge in [0.05, 0.1) is 15.6 Å². The highest BCUT2D eigenvalue weighted by molar-refractivity contribution is 7.48. The number of aliphatic hydroxyl groups excluding tert-OH is 20. The Bertz CT molecular complexity index is 2430. The van der Waals surface area contributed by atoms with Crippen LogP contribution in [0.1, 0.15) is 0 Å². The standard InChI is InChI=1S/2C6H13O38P.2C6H13O9P/c2*7-1-2(8)4(10)6(5(11)3(1)9)15-45(14,43-41-39-37-35-33-31-29-27-25-23-21-19-17-13)44-42-40-38-36-34-32-30-28-26-24-22-20-18-16-12;2*7-1-2(8)4(10)6(5(11)3(1)9)15-16(12,13)14/h2*1-13H;2*1-11H,(H2,12,13,14)/p-6/t1?,2-,3?,4?,5?,6?,45?;1?,2-,3?,4?,5+,6?,45?;1?,2-,3?,4?,5+,6?;1?,2-,3+,4-,5?,6?/m1000/s1. The van der Waals surface area contributed by atoms with Crippen LogP contribution in [0.2, 0.25) is 0 Å². The largest absolute Gasteiger partial charge is 0.790 e. The summed E-state index contributed by atoms with van der Waals surface area (Å²) in [5.74, 6) is 0. The van der Waals surface area contributed by atoms with Gasteiger partial charge in [-0.3, -0.25) is 19.1 Å². The van der Waals surface area contributed by atoms with E-state index < -0.39 is 178 Å². The Morgan fingerprint density at radius 1 is 0.164 bits per heavy atom. The average Bonchev–Trinajstić information content (AvgIpc) is 0.795. The van der Waals surface area contributed by atoms with E-state index in [1.54, 1.807) is 0 Å². The second kappa shape index (κ2) is 67.5. The minimum atomic E-state index is -5.59. The van der Waals surface area contributed by atoms with Gasteiger partial charge in [-0.1, -0.05) is 18.7 Å². The summed E-state index contributed by atoms with van der Waals surface area (Å²) in [6, 6.07) is 0. The molecule has 4 aliphatic rings. The van der Waals surface area contributed by atoms with Crippen LogP contribution in [0, 0.1) is 0 Å². The van der Waals surface area contributed by atoms with Crippen molar-refractivity contribution in [2.45, 2.75) is 146 Å². The van der Waals surface area contributed by atoms with Crippen molar-refractivity contribution in [1.82, 2.24) is 0 Å². The molecule has 4 rings (SSSR count). The maximum atomic E-state index is 12.6. The van der Waals surface area contributed by atoms with E-state index in [4.69, 9.17) is 41.2 Å². The Balaban J connectivity index is 0.000000897. The first-order chi connectivity index (χ1) is 57.8. The Labute approximate surface area is 648 Å². The minimum absolute atomic E-state index is 1.87. The highest BCUT2D eigenvalue weighted by Crippen LogP contribution is 2.54. The fraction of sp³-hybridized carbons (Fsp3) is 1.00. The molecule has 0 aromatic carbocycles. The van der Waals surface area contributed by atoms with E-state index in [-0.39, 0.29) is 0 Å². The molecular weight excluding hydrogens is 1920 g/mol. The van der Waals surface area contributed by atoms with E-state index in [1.165, 1.54) is 0 Å². The third kappa shape index (κ3) is 49.4. The van der Waals surface area contributed by atoms with Gasteiger partial charge >= 0.3 is 15.6 Å². The first-order valence-electron chi connectivity index (χ1n) is 26.7. The molecule has 18 unspecified atom stereocenters. The molecular formula is C24H46O94P4-6. The van der Waals surface area contributed by atoms with Gasteiger partial charge in [0.1, 0.15) is 146 Å². The van der Waals surface area contributed by atoms with Crippen molar-refractivity contribution in [2.75, 3.05) is 0 Å². The van der Waals surface area contributed by atoms with E-state index in [2.05, 4.69) is 309 Å². The van der Waals surface area contributed by atoms with Crippen LogP contribution in [-0.4, -0.2) is 259 Å². The van der Waals surface area contributed by atoms with Gasteiger partial charge in [0.2, 0.25) is 0 Å². The third-order valence-corrected chi connectivity index (χ3v) is 14.2. The lowest BCUT2D eigenvalue weighted by Crippen LogP contribution is -2.64. The summed E-state index contributed by atoms with van der Waals surface area (Å²) in [5.41, 5.74) is 0. The molecule has 4 saturated carbocycles. The summed E-state index contributed by atoms with van der Waals surface area (Å²) < 4.78 is 78.4. The fourth-order valence-electron chi connectivity index (χ4n) is 6.70. The van der Waals surface area contributed by atoms with Crippen LogP contribution in [0.5, 0.6) is 0 Å². The first-order valence-corrected chi connectivity index (χ1v) is 32.6. The minimum Gasteiger partial charge on any atom is -0.790 e.